The maximum Gasteiger partial charge on any atom is 0.349 e. The van der Waals surface area contributed by atoms with Crippen LogP contribution in [0.4, 0.5) is 9.18 Å². The molecular formula is C31H35FN4O4. The van der Waals surface area contributed by atoms with Gasteiger partial charge in [0, 0.05) is 11.8 Å². The number of carbonyl (C=O) groups excluding carboxylic acids is 4. The van der Waals surface area contributed by atoms with Gasteiger partial charge in [0.25, 0.3) is 5.91 Å². The van der Waals surface area contributed by atoms with Crippen LogP contribution >= 0.6 is 0 Å². The number of hydrogen-bond acceptors (Lipinski definition) is 5. The number of amides is 5. The van der Waals surface area contributed by atoms with Gasteiger partial charge in [0.1, 0.15) is 5.82 Å². The number of halogens is 1. The molecule has 0 aliphatic rings. The molecule has 3 rings (SSSR count). The number of hydrogen-bond donors (Lipinski definition) is 3. The van der Waals surface area contributed by atoms with Gasteiger partial charge < -0.3 is 5.73 Å². The fourth-order valence-electron chi connectivity index (χ4n) is 4.21. The summed E-state index contributed by atoms with van der Waals surface area (Å²) in [6.45, 7) is 4.89. The number of rotatable bonds is 9. The second-order valence-corrected chi connectivity index (χ2v) is 9.85. The fourth-order valence-corrected chi connectivity index (χ4v) is 4.21. The fraction of sp³-hybridized carbons (Fsp3) is 0.290. The lowest BCUT2D eigenvalue weighted by Crippen LogP contribution is -2.57. The van der Waals surface area contributed by atoms with Crippen LogP contribution in [-0.2, 0) is 27.2 Å². The minimum absolute atomic E-state index is 0.107. The number of nitrogens with zero attached hydrogens (tertiary/aromatic N) is 1. The lowest BCUT2D eigenvalue weighted by atomic mass is 9.96. The van der Waals surface area contributed by atoms with Gasteiger partial charge in [0.15, 0.2) is 0 Å². The molecule has 0 saturated heterocycles. The average molecular weight is 547 g/mol. The highest BCUT2D eigenvalue weighted by Gasteiger charge is 2.35. The summed E-state index contributed by atoms with van der Waals surface area (Å²) in [5.41, 5.74) is 13.5. The van der Waals surface area contributed by atoms with Gasteiger partial charge in [-0.25, -0.2) is 14.6 Å². The third-order valence-electron chi connectivity index (χ3n) is 6.59. The van der Waals surface area contributed by atoms with Crippen LogP contribution in [0.25, 0.3) is 11.1 Å². The van der Waals surface area contributed by atoms with Crippen molar-refractivity contribution in [3.05, 3.63) is 95.8 Å². The highest BCUT2D eigenvalue weighted by Crippen LogP contribution is 2.22. The summed E-state index contributed by atoms with van der Waals surface area (Å²) in [6, 6.07) is 21.3. The minimum atomic E-state index is -1.09. The monoisotopic (exact) mass is 546 g/mol. The van der Waals surface area contributed by atoms with Crippen molar-refractivity contribution in [1.29, 1.82) is 0 Å². The molecule has 3 atom stereocenters. The van der Waals surface area contributed by atoms with E-state index < -0.39 is 47.4 Å². The first-order chi connectivity index (χ1) is 19.1. The van der Waals surface area contributed by atoms with E-state index in [2.05, 4.69) is 10.9 Å². The summed E-state index contributed by atoms with van der Waals surface area (Å²) in [5.74, 6) is -4.18. The first kappa shape index (κ1) is 30.2. The lowest BCUT2D eigenvalue weighted by Gasteiger charge is -2.26. The Morgan fingerprint density at radius 3 is 1.93 bits per heavy atom. The van der Waals surface area contributed by atoms with Crippen molar-refractivity contribution in [3.8, 4) is 11.1 Å². The van der Waals surface area contributed by atoms with Gasteiger partial charge in [0.2, 0.25) is 11.8 Å². The Balaban J connectivity index is 1.77. The molecule has 3 aromatic rings. The van der Waals surface area contributed by atoms with Crippen LogP contribution in [0.15, 0.2) is 78.9 Å². The zero-order valence-electron chi connectivity index (χ0n) is 22.9. The molecule has 0 saturated carbocycles. The number of carbonyl (C=O) groups is 4. The molecular weight excluding hydrogens is 511 g/mol. The molecule has 0 radical (unpaired) electrons. The standard InChI is InChI=1S/C31H35FN4O4/c1-4-27(33)28(37)34-35-31(40)36(30(39)21(3)18-23-9-8-12-26(32)19-23)29(38)20(2)17-22-13-15-25(16-14-22)24-10-6-5-7-11-24/h5-16,19-21,27H,4,17-18,33H2,1-3H3,(H,34,37)(H,35,40). The van der Waals surface area contributed by atoms with Crippen molar-refractivity contribution in [2.24, 2.45) is 17.6 Å². The van der Waals surface area contributed by atoms with E-state index in [0.717, 1.165) is 16.7 Å². The zero-order valence-corrected chi connectivity index (χ0v) is 22.9. The molecule has 0 aliphatic heterocycles. The summed E-state index contributed by atoms with van der Waals surface area (Å²) in [5, 5.41) is 0. The Morgan fingerprint density at radius 1 is 0.775 bits per heavy atom. The van der Waals surface area contributed by atoms with E-state index in [1.54, 1.807) is 26.8 Å². The number of urea groups is 1. The third-order valence-corrected chi connectivity index (χ3v) is 6.59. The molecule has 0 aromatic heterocycles. The molecule has 5 amide bonds. The largest absolute Gasteiger partial charge is 0.349 e. The average Bonchev–Trinajstić information content (AvgIpc) is 2.96. The van der Waals surface area contributed by atoms with E-state index >= 15 is 0 Å². The number of nitrogens with one attached hydrogen (secondary N) is 2. The van der Waals surface area contributed by atoms with Crippen LogP contribution in [0.5, 0.6) is 0 Å². The molecule has 0 spiro atoms. The Morgan fingerprint density at radius 2 is 1.35 bits per heavy atom. The van der Waals surface area contributed by atoms with Crippen molar-refractivity contribution < 1.29 is 23.6 Å². The molecule has 0 fully saturated rings. The maximum absolute atomic E-state index is 13.7. The summed E-state index contributed by atoms with van der Waals surface area (Å²) in [7, 11) is 0. The molecule has 4 N–H and O–H groups in total. The second-order valence-electron chi connectivity index (χ2n) is 9.85. The molecule has 40 heavy (non-hydrogen) atoms. The molecule has 0 aliphatic carbocycles. The van der Waals surface area contributed by atoms with Gasteiger partial charge >= 0.3 is 6.03 Å². The Labute approximate surface area is 233 Å². The third kappa shape index (κ3) is 8.07. The quantitative estimate of drug-likeness (QED) is 0.344. The number of nitrogens with two attached hydrogens (primary N) is 1. The lowest BCUT2D eigenvalue weighted by molar-refractivity contribution is -0.145. The summed E-state index contributed by atoms with van der Waals surface area (Å²) in [4.78, 5) is 52.6. The van der Waals surface area contributed by atoms with Crippen molar-refractivity contribution in [1.82, 2.24) is 15.8 Å². The van der Waals surface area contributed by atoms with Gasteiger partial charge in [-0.2, -0.15) is 4.90 Å². The van der Waals surface area contributed by atoms with Crippen molar-refractivity contribution in [2.45, 2.75) is 46.1 Å². The first-order valence-corrected chi connectivity index (χ1v) is 13.2. The maximum atomic E-state index is 13.7. The summed E-state index contributed by atoms with van der Waals surface area (Å²) < 4.78 is 13.7. The normalized spacial score (nSPS) is 13.0. The van der Waals surface area contributed by atoms with Crippen molar-refractivity contribution in [2.75, 3.05) is 0 Å². The SMILES string of the molecule is CCC(N)C(=O)NNC(=O)N(C(=O)C(C)Cc1ccc(-c2ccccc2)cc1)C(=O)C(C)Cc1cccc(F)c1. The van der Waals surface area contributed by atoms with Gasteiger partial charge in [-0.05, 0) is 53.6 Å². The van der Waals surface area contributed by atoms with Crippen LogP contribution in [0.2, 0.25) is 0 Å². The molecule has 9 heteroatoms. The van der Waals surface area contributed by atoms with Crippen LogP contribution in [0, 0.1) is 17.7 Å². The zero-order chi connectivity index (χ0) is 29.2. The highest BCUT2D eigenvalue weighted by molar-refractivity contribution is 6.11. The Bertz CT molecular complexity index is 1330. The molecule has 8 nitrogen and oxygen atoms in total. The van der Waals surface area contributed by atoms with Gasteiger partial charge in [-0.3, -0.25) is 19.8 Å². The van der Waals surface area contributed by atoms with Crippen LogP contribution in [0.3, 0.4) is 0 Å². The number of imide groups is 3. The molecule has 0 heterocycles. The van der Waals surface area contributed by atoms with Gasteiger partial charge in [-0.1, -0.05) is 87.5 Å². The number of benzene rings is 3. The van der Waals surface area contributed by atoms with Crippen molar-refractivity contribution in [3.63, 3.8) is 0 Å². The predicted octanol–water partition coefficient (Wildman–Crippen LogP) is 4.38. The summed E-state index contributed by atoms with van der Waals surface area (Å²) >= 11 is 0. The predicted molar refractivity (Wildman–Crippen MR) is 151 cm³/mol. The van der Waals surface area contributed by atoms with E-state index in [9.17, 15) is 23.6 Å². The smallest absolute Gasteiger partial charge is 0.320 e. The first-order valence-electron chi connectivity index (χ1n) is 13.2. The van der Waals surface area contributed by atoms with Crippen LogP contribution in [-0.4, -0.2) is 34.7 Å². The van der Waals surface area contributed by atoms with Gasteiger partial charge in [-0.15, -0.1) is 0 Å². The second kappa shape index (κ2) is 14.1. The van der Waals surface area contributed by atoms with Crippen LogP contribution in [0.1, 0.15) is 38.3 Å². The Hall–Kier alpha value is -4.37. The van der Waals surface area contributed by atoms with E-state index in [0.29, 0.717) is 16.9 Å². The topological polar surface area (TPSA) is 122 Å². The molecule has 0 bridgehead atoms. The van der Waals surface area contributed by atoms with E-state index in [1.165, 1.54) is 18.2 Å². The minimum Gasteiger partial charge on any atom is -0.320 e. The number of hydrazine groups is 1. The van der Waals surface area contributed by atoms with Gasteiger partial charge in [0.05, 0.1) is 6.04 Å². The molecule has 210 valence electrons. The molecule has 3 aromatic carbocycles. The molecule has 3 unspecified atom stereocenters. The highest BCUT2D eigenvalue weighted by atomic mass is 19.1. The van der Waals surface area contributed by atoms with Crippen LogP contribution < -0.4 is 16.6 Å². The van der Waals surface area contributed by atoms with E-state index in [4.69, 9.17) is 5.73 Å². The van der Waals surface area contributed by atoms with Crippen molar-refractivity contribution >= 4 is 23.8 Å². The summed E-state index contributed by atoms with van der Waals surface area (Å²) in [6.07, 6.45) is 0.709. The van der Waals surface area contributed by atoms with E-state index in [1.807, 2.05) is 54.6 Å². The van der Waals surface area contributed by atoms with E-state index in [-0.39, 0.29) is 12.8 Å². The Kier molecular flexibility index (Phi) is 10.7.